The summed E-state index contributed by atoms with van der Waals surface area (Å²) in [5.41, 5.74) is 4.36. The lowest BCUT2D eigenvalue weighted by Crippen LogP contribution is -2.42. The highest BCUT2D eigenvalue weighted by Gasteiger charge is 2.24. The van der Waals surface area contributed by atoms with Gasteiger partial charge in [0.05, 0.1) is 0 Å². The Morgan fingerprint density at radius 2 is 1.86 bits per heavy atom. The monoisotopic (exact) mass is 294 g/mol. The number of piperazine rings is 1. The number of allylic oxidation sites excluding steroid dienone is 1. The highest BCUT2D eigenvalue weighted by Crippen LogP contribution is 2.32. The summed E-state index contributed by atoms with van der Waals surface area (Å²) in [7, 11) is 2.11. The van der Waals surface area contributed by atoms with E-state index < -0.39 is 0 Å². The van der Waals surface area contributed by atoms with Crippen LogP contribution in [0.5, 0.6) is 0 Å². The van der Waals surface area contributed by atoms with Crippen LogP contribution in [0.3, 0.4) is 0 Å². The van der Waals surface area contributed by atoms with Crippen LogP contribution in [0.4, 0.5) is 0 Å². The first-order valence-electron chi connectivity index (χ1n) is 8.69. The summed E-state index contributed by atoms with van der Waals surface area (Å²) in [5, 5.41) is 0. The van der Waals surface area contributed by atoms with Gasteiger partial charge in [-0.3, -0.25) is 4.90 Å². The third-order valence-electron chi connectivity index (χ3n) is 4.63. The van der Waals surface area contributed by atoms with Crippen molar-refractivity contribution in [1.29, 1.82) is 0 Å². The first kappa shape index (κ1) is 15.4. The zero-order valence-electron chi connectivity index (χ0n) is 14.0. The molecule has 1 heterocycles. The van der Waals surface area contributed by atoms with Crippen molar-refractivity contribution in [3.05, 3.63) is 59.3 Å². The van der Waals surface area contributed by atoms with Crippen LogP contribution in [0, 0.1) is 5.92 Å². The van der Waals surface area contributed by atoms with Crippen molar-refractivity contribution < 1.29 is 0 Å². The maximum absolute atomic E-state index is 2.58. The van der Waals surface area contributed by atoms with Gasteiger partial charge in [-0.05, 0) is 42.5 Å². The summed E-state index contributed by atoms with van der Waals surface area (Å²) in [6.45, 7) is 6.61. The van der Waals surface area contributed by atoms with E-state index in [0.717, 1.165) is 38.5 Å². The number of hydrogen-bond donors (Lipinski definition) is 0. The summed E-state index contributed by atoms with van der Waals surface area (Å²) in [5.74, 6) is 2.99. The maximum Gasteiger partial charge on any atom is 0.131 e. The number of nitrogens with zero attached hydrogens (tertiary/aromatic N) is 2. The number of rotatable bonds is 5. The summed E-state index contributed by atoms with van der Waals surface area (Å²) in [6.07, 6.45) is 8.63. The second-order valence-electron chi connectivity index (χ2n) is 6.55. The molecule has 0 bridgehead atoms. The van der Waals surface area contributed by atoms with Gasteiger partial charge in [0, 0.05) is 31.9 Å². The topological polar surface area (TPSA) is 6.48 Å². The molecule has 2 nitrogen and oxygen atoms in total. The highest BCUT2D eigenvalue weighted by molar-refractivity contribution is 6.16. The van der Waals surface area contributed by atoms with E-state index in [0.29, 0.717) is 0 Å². The smallest absolute Gasteiger partial charge is 0.131 e. The fourth-order valence-electron chi connectivity index (χ4n) is 3.10. The molecular weight excluding hydrogens is 267 g/mol. The molecule has 1 aliphatic heterocycles. The molecule has 116 valence electrons. The third kappa shape index (κ3) is 4.04. The molecule has 0 atom stereocenters. The predicted molar refractivity (Wildman–Crippen MR) is 96.3 cm³/mol. The Labute approximate surface area is 135 Å². The lowest BCUT2D eigenvalue weighted by atomic mass is 10.1. The van der Waals surface area contributed by atoms with Gasteiger partial charge in [-0.15, -0.1) is 5.98 Å². The van der Waals surface area contributed by atoms with Crippen LogP contribution >= 0.6 is 0 Å². The van der Waals surface area contributed by atoms with Crippen molar-refractivity contribution in [2.24, 2.45) is 5.92 Å². The van der Waals surface area contributed by atoms with E-state index in [1.54, 1.807) is 0 Å². The van der Waals surface area contributed by atoms with Gasteiger partial charge in [0.1, 0.15) is 7.85 Å². The Kier molecular flexibility index (Phi) is 5.04. The van der Waals surface area contributed by atoms with Crippen LogP contribution in [0.2, 0.25) is 0 Å². The van der Waals surface area contributed by atoms with E-state index in [-0.39, 0.29) is 0 Å². The van der Waals surface area contributed by atoms with E-state index in [2.05, 4.69) is 67.1 Å². The fraction of sp³-hybridized carbons (Fsp3) is 0.474. The van der Waals surface area contributed by atoms with Crippen molar-refractivity contribution in [3.8, 4) is 0 Å². The Morgan fingerprint density at radius 3 is 2.50 bits per heavy atom. The van der Waals surface area contributed by atoms with E-state index in [9.17, 15) is 0 Å². The molecule has 3 heteroatoms. The summed E-state index contributed by atoms with van der Waals surface area (Å²) >= 11 is 0. The number of aryl methyl sites for hydroxylation is 1. The van der Waals surface area contributed by atoms with Crippen molar-refractivity contribution in [2.45, 2.75) is 32.7 Å². The first-order valence-corrected chi connectivity index (χ1v) is 8.69. The first-order chi connectivity index (χ1) is 10.8. The second kappa shape index (κ2) is 7.19. The molecule has 0 amide bonds. The molecule has 1 saturated heterocycles. The van der Waals surface area contributed by atoms with Crippen LogP contribution in [-0.2, 0) is 13.0 Å². The van der Waals surface area contributed by atoms with E-state index in [1.807, 2.05) is 0 Å². The van der Waals surface area contributed by atoms with Gasteiger partial charge in [-0.25, -0.2) is 0 Å². The molecule has 3 rings (SSSR count). The normalized spacial score (nSPS) is 21.9. The average Bonchev–Trinajstić information content (AvgIpc) is 3.35. The van der Waals surface area contributed by atoms with Crippen LogP contribution in [-0.4, -0.2) is 37.3 Å². The molecule has 0 radical (unpaired) electrons. The van der Waals surface area contributed by atoms with Crippen LogP contribution in [0.25, 0.3) is 0 Å². The standard InChI is InChI=1S/C19H27BN2/c1-2-16-3-7-18(8-4-16)14-21-11-12-22(10-9-20)19(15-21)13-17-5-6-17/h3-4,7-10,13,17H,2,5-6,11-12,14-15,20H2,1H3/b10-9-,19-13+. The number of benzene rings is 1. The molecule has 0 unspecified atom stereocenters. The van der Waals surface area contributed by atoms with Gasteiger partial charge in [-0.2, -0.15) is 0 Å². The molecular formula is C19H27BN2. The summed E-state index contributed by atoms with van der Waals surface area (Å²) in [6, 6.07) is 9.13. The van der Waals surface area contributed by atoms with Crippen molar-refractivity contribution in [1.82, 2.24) is 9.80 Å². The summed E-state index contributed by atoms with van der Waals surface area (Å²) in [4.78, 5) is 5.02. The van der Waals surface area contributed by atoms with Gasteiger partial charge in [-0.1, -0.05) is 37.3 Å². The Bertz CT molecular complexity index is 543. The largest absolute Gasteiger partial charge is 0.350 e. The zero-order chi connectivity index (χ0) is 15.4. The predicted octanol–water partition coefficient (Wildman–Crippen LogP) is 2.76. The van der Waals surface area contributed by atoms with Crippen LogP contribution in [0.1, 0.15) is 30.9 Å². The molecule has 22 heavy (non-hydrogen) atoms. The molecule has 0 aromatic heterocycles. The van der Waals surface area contributed by atoms with Crippen LogP contribution in [0.15, 0.2) is 48.2 Å². The van der Waals surface area contributed by atoms with E-state index in [4.69, 9.17) is 0 Å². The second-order valence-corrected chi connectivity index (χ2v) is 6.55. The Hall–Kier alpha value is -1.48. The molecule has 0 N–H and O–H groups in total. The van der Waals surface area contributed by atoms with Crippen molar-refractivity contribution >= 4 is 7.85 Å². The number of hydrogen-bond acceptors (Lipinski definition) is 2. The zero-order valence-corrected chi connectivity index (χ0v) is 14.0. The van der Waals surface area contributed by atoms with Gasteiger partial charge in [0.15, 0.2) is 0 Å². The molecule has 2 fully saturated rings. The quantitative estimate of drug-likeness (QED) is 0.771. The highest BCUT2D eigenvalue weighted by atomic mass is 15.3. The molecule has 2 aliphatic rings. The SMILES string of the molecule is B/C=C\N1CCN(Cc2ccc(CC)cc2)C/C1=C\C1CC1. The van der Waals surface area contributed by atoms with Crippen molar-refractivity contribution in [2.75, 3.05) is 19.6 Å². The molecule has 1 aromatic rings. The minimum Gasteiger partial charge on any atom is -0.350 e. The minimum absolute atomic E-state index is 0.839. The van der Waals surface area contributed by atoms with Gasteiger partial charge < -0.3 is 4.90 Å². The third-order valence-corrected chi connectivity index (χ3v) is 4.63. The Balaban J connectivity index is 1.64. The van der Waals surface area contributed by atoms with Crippen molar-refractivity contribution in [3.63, 3.8) is 0 Å². The minimum atomic E-state index is 0.839. The molecule has 1 aliphatic carbocycles. The maximum atomic E-state index is 2.58. The summed E-state index contributed by atoms with van der Waals surface area (Å²) < 4.78 is 0. The van der Waals surface area contributed by atoms with Gasteiger partial charge in [0.25, 0.3) is 0 Å². The fourth-order valence-corrected chi connectivity index (χ4v) is 3.10. The van der Waals surface area contributed by atoms with Gasteiger partial charge in [0.2, 0.25) is 0 Å². The lowest BCUT2D eigenvalue weighted by Gasteiger charge is -2.36. The Morgan fingerprint density at radius 1 is 1.14 bits per heavy atom. The van der Waals surface area contributed by atoms with Crippen LogP contribution < -0.4 is 0 Å². The molecule has 1 saturated carbocycles. The molecule has 1 aromatic carbocycles. The van der Waals surface area contributed by atoms with Gasteiger partial charge >= 0.3 is 0 Å². The molecule has 0 spiro atoms. The average molecular weight is 294 g/mol. The van der Waals surface area contributed by atoms with E-state index in [1.165, 1.54) is 29.7 Å². The van der Waals surface area contributed by atoms with E-state index >= 15 is 0 Å². The lowest BCUT2D eigenvalue weighted by molar-refractivity contribution is 0.201.